The summed E-state index contributed by atoms with van der Waals surface area (Å²) in [4.78, 5) is 43.9. The Bertz CT molecular complexity index is 2250. The largest absolute Gasteiger partial charge is 0.497 e. The molecule has 10 nitrogen and oxygen atoms in total. The van der Waals surface area contributed by atoms with Crippen LogP contribution in [0.5, 0.6) is 11.5 Å². The SMILES string of the molecule is COc1ccc([C@H]2C(C(=O)Nc3ccc(C)cc3C)=C(C)N=c3s/c(=C\c4cccc(OCc5ccc([N+](=O)[O-])cc5)c4)c(=O)n32)cc1. The Kier molecular flexibility index (Phi) is 9.04. The van der Waals surface area contributed by atoms with Crippen molar-refractivity contribution in [2.24, 2.45) is 4.99 Å². The lowest BCUT2D eigenvalue weighted by Gasteiger charge is -2.25. The maximum Gasteiger partial charge on any atom is 0.271 e. The zero-order chi connectivity index (χ0) is 33.9. The number of allylic oxidation sites excluding steroid dienone is 1. The minimum atomic E-state index is -0.726. The van der Waals surface area contributed by atoms with Crippen LogP contribution in [0.2, 0.25) is 0 Å². The highest BCUT2D eigenvalue weighted by Gasteiger charge is 2.32. The molecule has 1 amide bonds. The maximum absolute atomic E-state index is 14.1. The van der Waals surface area contributed by atoms with E-state index >= 15 is 0 Å². The summed E-state index contributed by atoms with van der Waals surface area (Å²) < 4.78 is 13.3. The Morgan fingerprint density at radius 1 is 1.00 bits per heavy atom. The third-order valence-corrected chi connectivity index (χ3v) is 9.02. The fourth-order valence-electron chi connectivity index (χ4n) is 5.58. The number of amides is 1. The second-order valence-corrected chi connectivity index (χ2v) is 12.4. The van der Waals surface area contributed by atoms with Gasteiger partial charge in [0.05, 0.1) is 33.9 Å². The summed E-state index contributed by atoms with van der Waals surface area (Å²) in [7, 11) is 1.58. The van der Waals surface area contributed by atoms with Crippen LogP contribution >= 0.6 is 11.3 Å². The van der Waals surface area contributed by atoms with Gasteiger partial charge in [0, 0.05) is 17.8 Å². The van der Waals surface area contributed by atoms with Crippen LogP contribution in [-0.4, -0.2) is 22.5 Å². The van der Waals surface area contributed by atoms with Crippen LogP contribution in [0.25, 0.3) is 6.08 Å². The average molecular weight is 661 g/mol. The van der Waals surface area contributed by atoms with Crippen molar-refractivity contribution in [2.45, 2.75) is 33.4 Å². The molecule has 2 heterocycles. The molecule has 11 heteroatoms. The average Bonchev–Trinajstić information content (AvgIpc) is 3.38. The molecular formula is C37H32N4O6S. The van der Waals surface area contributed by atoms with Crippen molar-refractivity contribution < 1.29 is 19.2 Å². The Morgan fingerprint density at radius 3 is 2.44 bits per heavy atom. The van der Waals surface area contributed by atoms with Crippen LogP contribution in [0.4, 0.5) is 11.4 Å². The Balaban J connectivity index is 1.35. The van der Waals surface area contributed by atoms with Crippen LogP contribution < -0.4 is 29.7 Å². The highest BCUT2D eigenvalue weighted by atomic mass is 32.1. The van der Waals surface area contributed by atoms with Gasteiger partial charge in [-0.2, -0.15) is 0 Å². The molecule has 1 atom stereocenters. The molecule has 0 radical (unpaired) electrons. The molecule has 6 rings (SSSR count). The molecule has 1 N–H and O–H groups in total. The van der Waals surface area contributed by atoms with Gasteiger partial charge in [0.2, 0.25) is 0 Å². The predicted octanol–water partition coefficient (Wildman–Crippen LogP) is 5.99. The van der Waals surface area contributed by atoms with E-state index in [2.05, 4.69) is 5.32 Å². The van der Waals surface area contributed by atoms with Gasteiger partial charge in [0.1, 0.15) is 18.1 Å². The van der Waals surface area contributed by atoms with Gasteiger partial charge in [-0.1, -0.05) is 53.3 Å². The molecule has 1 aliphatic rings. The molecule has 1 aliphatic heterocycles. The van der Waals surface area contributed by atoms with Gasteiger partial charge in [-0.25, -0.2) is 4.99 Å². The highest BCUT2D eigenvalue weighted by molar-refractivity contribution is 7.07. The number of benzene rings is 4. The third kappa shape index (κ3) is 6.67. The maximum atomic E-state index is 14.1. The number of aromatic nitrogens is 1. The lowest BCUT2D eigenvalue weighted by Crippen LogP contribution is -2.40. The first-order chi connectivity index (χ1) is 23.1. The summed E-state index contributed by atoms with van der Waals surface area (Å²) in [6.07, 6.45) is 1.78. The molecule has 4 aromatic carbocycles. The van der Waals surface area contributed by atoms with Gasteiger partial charge in [0.15, 0.2) is 4.80 Å². The van der Waals surface area contributed by atoms with E-state index in [9.17, 15) is 19.7 Å². The number of fused-ring (bicyclic) bond motifs is 1. The molecule has 1 aromatic heterocycles. The quantitative estimate of drug-likeness (QED) is 0.153. The Labute approximate surface area is 280 Å². The van der Waals surface area contributed by atoms with E-state index in [1.807, 2.05) is 74.5 Å². The second-order valence-electron chi connectivity index (χ2n) is 11.4. The number of methoxy groups -OCH3 is 1. The monoisotopic (exact) mass is 660 g/mol. The summed E-state index contributed by atoms with van der Waals surface area (Å²) in [5.41, 5.74) is 5.61. The summed E-state index contributed by atoms with van der Waals surface area (Å²) >= 11 is 1.25. The van der Waals surface area contributed by atoms with Crippen molar-refractivity contribution in [2.75, 3.05) is 12.4 Å². The number of nitro groups is 1. The molecule has 5 aromatic rings. The number of hydrogen-bond acceptors (Lipinski definition) is 8. The Hall–Kier alpha value is -5.81. The van der Waals surface area contributed by atoms with Crippen molar-refractivity contribution in [3.63, 3.8) is 0 Å². The molecule has 0 fully saturated rings. The fraction of sp³-hybridized carbons (Fsp3) is 0.162. The topological polar surface area (TPSA) is 125 Å². The van der Waals surface area contributed by atoms with Gasteiger partial charge >= 0.3 is 0 Å². The predicted molar refractivity (Wildman–Crippen MR) is 185 cm³/mol. The fourth-order valence-corrected chi connectivity index (χ4v) is 6.63. The number of aryl methyl sites for hydroxylation is 2. The van der Waals surface area contributed by atoms with Gasteiger partial charge in [-0.15, -0.1) is 0 Å². The van der Waals surface area contributed by atoms with E-state index < -0.39 is 11.0 Å². The second kappa shape index (κ2) is 13.5. The molecule has 0 spiro atoms. The minimum absolute atomic E-state index is 0.0146. The number of carbonyl (C=O) groups excluding carboxylic acids is 1. The number of thiazole rings is 1. The molecule has 0 bridgehead atoms. The number of ether oxygens (including phenoxy) is 2. The molecule has 0 saturated heterocycles. The minimum Gasteiger partial charge on any atom is -0.497 e. The van der Waals surface area contributed by atoms with Crippen LogP contribution in [-0.2, 0) is 11.4 Å². The van der Waals surface area contributed by atoms with Crippen molar-refractivity contribution >= 4 is 34.7 Å². The number of carbonyl (C=O) groups is 1. The van der Waals surface area contributed by atoms with E-state index in [0.29, 0.717) is 37.8 Å². The van der Waals surface area contributed by atoms with E-state index in [1.165, 1.54) is 23.5 Å². The van der Waals surface area contributed by atoms with Crippen LogP contribution in [0.3, 0.4) is 0 Å². The summed E-state index contributed by atoms with van der Waals surface area (Å²) in [5, 5.41) is 14.0. The number of rotatable bonds is 9. The molecule has 242 valence electrons. The lowest BCUT2D eigenvalue weighted by molar-refractivity contribution is -0.384. The van der Waals surface area contributed by atoms with Gasteiger partial charge in [-0.05, 0) is 91.6 Å². The first kappa shape index (κ1) is 32.1. The van der Waals surface area contributed by atoms with E-state index in [-0.39, 0.29) is 23.8 Å². The molecule has 48 heavy (non-hydrogen) atoms. The van der Waals surface area contributed by atoms with Gasteiger partial charge in [-0.3, -0.25) is 24.3 Å². The number of non-ortho nitro benzene ring substituents is 1. The van der Waals surface area contributed by atoms with Crippen LogP contribution in [0.1, 0.15) is 40.8 Å². The summed E-state index contributed by atoms with van der Waals surface area (Å²) in [5.74, 6) is 0.896. The van der Waals surface area contributed by atoms with Crippen molar-refractivity contribution in [3.8, 4) is 11.5 Å². The standard InChI is InChI=1S/C37H32N4O6S/c1-22-8-17-31(23(2)18-22)39-35(42)33-24(3)38-37-40(34(33)27-11-15-29(46-4)16-12-27)36(43)32(48-37)20-26-6-5-7-30(19-26)47-21-25-9-13-28(14-10-25)41(44)45/h5-20,34H,21H2,1-4H3,(H,39,42)/b32-20-/t34-/m0/s1. The van der Waals surface area contributed by atoms with Crippen LogP contribution in [0.15, 0.2) is 112 Å². The molecule has 0 unspecified atom stereocenters. The normalized spacial score (nSPS) is 14.2. The third-order valence-electron chi connectivity index (χ3n) is 8.04. The first-order valence-electron chi connectivity index (χ1n) is 15.1. The smallest absolute Gasteiger partial charge is 0.271 e. The van der Waals surface area contributed by atoms with Crippen molar-refractivity contribution in [3.05, 3.63) is 160 Å². The zero-order valence-electron chi connectivity index (χ0n) is 26.7. The van der Waals surface area contributed by atoms with Crippen molar-refractivity contribution in [1.82, 2.24) is 4.57 Å². The number of nitro benzene ring substituents is 1. The van der Waals surface area contributed by atoms with E-state index in [1.54, 1.807) is 42.9 Å². The molecule has 0 saturated carbocycles. The van der Waals surface area contributed by atoms with Crippen molar-refractivity contribution in [1.29, 1.82) is 0 Å². The molecule has 0 aliphatic carbocycles. The Morgan fingerprint density at radius 2 is 1.75 bits per heavy atom. The number of nitrogens with one attached hydrogen (secondary N) is 1. The number of nitrogens with zero attached hydrogens (tertiary/aromatic N) is 3. The number of anilines is 1. The molecular weight excluding hydrogens is 628 g/mol. The summed E-state index contributed by atoms with van der Waals surface area (Å²) in [6, 6.07) is 25.9. The highest BCUT2D eigenvalue weighted by Crippen LogP contribution is 2.32. The van der Waals surface area contributed by atoms with E-state index in [0.717, 1.165) is 27.8 Å². The van der Waals surface area contributed by atoms with E-state index in [4.69, 9.17) is 14.5 Å². The summed E-state index contributed by atoms with van der Waals surface area (Å²) in [6.45, 7) is 5.94. The first-order valence-corrected chi connectivity index (χ1v) is 15.9. The zero-order valence-corrected chi connectivity index (χ0v) is 27.5. The van der Waals surface area contributed by atoms with Gasteiger partial charge < -0.3 is 14.8 Å². The van der Waals surface area contributed by atoms with Crippen LogP contribution in [0, 0.1) is 24.0 Å². The van der Waals surface area contributed by atoms with Gasteiger partial charge in [0.25, 0.3) is 17.2 Å². The number of hydrogen-bond donors (Lipinski definition) is 1. The lowest BCUT2D eigenvalue weighted by atomic mass is 9.95.